The Morgan fingerprint density at radius 3 is 2.42 bits per heavy atom. The normalized spacial score (nSPS) is 11.8. The first-order valence-corrected chi connectivity index (χ1v) is 3.22. The second kappa shape index (κ2) is 2.73. The van der Waals surface area contributed by atoms with Crippen molar-refractivity contribution in [1.82, 2.24) is 9.78 Å². The average Bonchev–Trinajstić information content (AvgIpc) is 2.29. The lowest BCUT2D eigenvalue weighted by Crippen LogP contribution is -2.34. The van der Waals surface area contributed by atoms with E-state index in [2.05, 4.69) is 9.84 Å². The van der Waals surface area contributed by atoms with E-state index >= 15 is 0 Å². The molecule has 1 aromatic rings. The summed E-state index contributed by atoms with van der Waals surface area (Å²) in [4.78, 5) is 0. The Labute approximate surface area is 67.2 Å². The predicted molar refractivity (Wildman–Crippen MR) is 38.5 cm³/mol. The van der Waals surface area contributed by atoms with Gasteiger partial charge in [-0.2, -0.15) is 0 Å². The van der Waals surface area contributed by atoms with Crippen LogP contribution in [0.15, 0.2) is 6.20 Å². The molecule has 7 heteroatoms. The van der Waals surface area contributed by atoms with Crippen LogP contribution < -0.4 is 10.2 Å². The van der Waals surface area contributed by atoms with Gasteiger partial charge >= 0.3 is 6.98 Å². The van der Waals surface area contributed by atoms with Gasteiger partial charge in [-0.1, -0.05) is 0 Å². The molecule has 3 nitrogen and oxygen atoms in total. The number of hydrogen-bond acceptors (Lipinski definition) is 2. The van der Waals surface area contributed by atoms with Crippen LogP contribution in [0.3, 0.4) is 0 Å². The molecule has 0 aromatic carbocycles. The summed E-state index contributed by atoms with van der Waals surface area (Å²) in [7, 11) is 2.57. The summed E-state index contributed by atoms with van der Waals surface area (Å²) in [5, 5.41) is 3.49. The highest BCUT2D eigenvalue weighted by atomic mass is 19.4. The molecule has 0 saturated carbocycles. The minimum Gasteiger partial charge on any atom is -0.482 e. The number of hydrogen-bond donors (Lipinski definition) is 0. The quantitative estimate of drug-likeness (QED) is 0.617. The van der Waals surface area contributed by atoms with Crippen molar-refractivity contribution in [2.45, 2.75) is 0 Å². The Bertz CT molecular complexity index is 283. The molecular weight excluding hydrogens is 172 g/mol. The van der Waals surface area contributed by atoms with Gasteiger partial charge in [0.1, 0.15) is 0 Å². The van der Waals surface area contributed by atoms with Crippen LogP contribution in [-0.2, 0) is 7.05 Å². The van der Waals surface area contributed by atoms with Crippen molar-refractivity contribution in [2.75, 3.05) is 7.11 Å². The molecule has 0 aliphatic carbocycles. The van der Waals surface area contributed by atoms with Crippen molar-refractivity contribution < 1.29 is 17.7 Å². The SMILES string of the molecule is COc1nn(C)cc1[B-](F)(F)F. The Hall–Kier alpha value is -1.14. The molecular formula is C5H7BF3N2O-. The average molecular weight is 179 g/mol. The van der Waals surface area contributed by atoms with Crippen LogP contribution in [0.25, 0.3) is 0 Å². The number of aromatic nitrogens is 2. The summed E-state index contributed by atoms with van der Waals surface area (Å²) < 4.78 is 42.1. The van der Waals surface area contributed by atoms with E-state index in [0.717, 1.165) is 18.0 Å². The van der Waals surface area contributed by atoms with Gasteiger partial charge in [0.15, 0.2) is 0 Å². The van der Waals surface area contributed by atoms with Gasteiger partial charge in [-0.15, -0.1) is 5.10 Å². The maximum Gasteiger partial charge on any atom is 0.516 e. The molecule has 0 amide bonds. The third kappa shape index (κ3) is 1.54. The van der Waals surface area contributed by atoms with Crippen LogP contribution in [0.4, 0.5) is 12.9 Å². The molecule has 0 spiro atoms. The highest BCUT2D eigenvalue weighted by molar-refractivity contribution is 6.74. The summed E-state index contributed by atoms with van der Waals surface area (Å²) in [6.45, 7) is -5.03. The number of nitrogens with zero attached hydrogens (tertiary/aromatic N) is 2. The molecule has 1 rings (SSSR count). The summed E-state index contributed by atoms with van der Waals surface area (Å²) in [5.41, 5.74) is -0.792. The third-order valence-electron chi connectivity index (χ3n) is 1.37. The van der Waals surface area contributed by atoms with Gasteiger partial charge in [0, 0.05) is 13.2 Å². The zero-order valence-electron chi connectivity index (χ0n) is 6.59. The molecule has 0 fully saturated rings. The van der Waals surface area contributed by atoms with E-state index in [1.165, 1.54) is 7.05 Å². The summed E-state index contributed by atoms with van der Waals surface area (Å²) in [6.07, 6.45) is 0.902. The fourth-order valence-electron chi connectivity index (χ4n) is 0.870. The first-order valence-electron chi connectivity index (χ1n) is 3.22. The van der Waals surface area contributed by atoms with Gasteiger partial charge < -0.3 is 17.7 Å². The minimum absolute atomic E-state index is 0.370. The van der Waals surface area contributed by atoms with Crippen LogP contribution in [0, 0.1) is 0 Å². The third-order valence-corrected chi connectivity index (χ3v) is 1.37. The van der Waals surface area contributed by atoms with Crippen LogP contribution in [-0.4, -0.2) is 23.9 Å². The lowest BCUT2D eigenvalue weighted by Gasteiger charge is -2.12. The molecule has 0 unspecified atom stereocenters. The maximum atomic E-state index is 12.2. The van der Waals surface area contributed by atoms with Crippen LogP contribution in [0.1, 0.15) is 0 Å². The zero-order valence-corrected chi connectivity index (χ0v) is 6.59. The van der Waals surface area contributed by atoms with E-state index in [1.54, 1.807) is 0 Å². The van der Waals surface area contributed by atoms with Gasteiger partial charge in [0.25, 0.3) is 0 Å². The summed E-state index contributed by atoms with van der Waals surface area (Å²) >= 11 is 0. The van der Waals surface area contributed by atoms with Gasteiger partial charge in [-0.3, -0.25) is 4.68 Å². The second-order valence-electron chi connectivity index (χ2n) is 2.34. The Kier molecular flexibility index (Phi) is 2.03. The zero-order chi connectivity index (χ0) is 9.35. The highest BCUT2D eigenvalue weighted by Gasteiger charge is 2.31. The van der Waals surface area contributed by atoms with E-state index in [1.807, 2.05) is 0 Å². The number of halogens is 3. The topological polar surface area (TPSA) is 27.1 Å². The first kappa shape index (κ1) is 8.96. The molecule has 0 aliphatic heterocycles. The molecule has 12 heavy (non-hydrogen) atoms. The molecule has 1 heterocycles. The van der Waals surface area contributed by atoms with Crippen molar-refractivity contribution in [2.24, 2.45) is 7.05 Å². The molecule has 1 aromatic heterocycles. The number of aryl methyl sites for hydroxylation is 1. The first-order chi connectivity index (χ1) is 5.45. The fourth-order valence-corrected chi connectivity index (χ4v) is 0.870. The second-order valence-corrected chi connectivity index (χ2v) is 2.34. The minimum atomic E-state index is -5.03. The number of methoxy groups -OCH3 is 1. The Morgan fingerprint density at radius 2 is 2.08 bits per heavy atom. The van der Waals surface area contributed by atoms with E-state index in [-0.39, 0.29) is 5.88 Å². The van der Waals surface area contributed by atoms with Crippen LogP contribution in [0.5, 0.6) is 5.88 Å². The smallest absolute Gasteiger partial charge is 0.482 e. The standard InChI is InChI=1S/C5H7BF3N2O/c1-11-3-4(6(7,8)9)5(10-11)12-2/h3H,1-2H3/q-1. The van der Waals surface area contributed by atoms with Crippen molar-refractivity contribution in [3.8, 4) is 5.88 Å². The van der Waals surface area contributed by atoms with Gasteiger partial charge in [0.05, 0.1) is 7.11 Å². The number of ether oxygens (including phenoxy) is 1. The Balaban J connectivity index is 3.13. The molecule has 0 radical (unpaired) electrons. The molecule has 0 N–H and O–H groups in total. The molecule has 0 bridgehead atoms. The summed E-state index contributed by atoms with van der Waals surface area (Å²) in [6, 6.07) is 0. The van der Waals surface area contributed by atoms with Crippen molar-refractivity contribution in [3.05, 3.63) is 6.20 Å². The van der Waals surface area contributed by atoms with Gasteiger partial charge in [-0.25, -0.2) is 0 Å². The lowest BCUT2D eigenvalue weighted by molar-refractivity contribution is 0.391. The molecule has 68 valence electrons. The summed E-state index contributed by atoms with van der Waals surface area (Å²) in [5.74, 6) is -0.370. The number of rotatable bonds is 2. The van der Waals surface area contributed by atoms with Crippen molar-refractivity contribution >= 4 is 12.4 Å². The monoisotopic (exact) mass is 179 g/mol. The Morgan fingerprint density at radius 1 is 1.50 bits per heavy atom. The van der Waals surface area contributed by atoms with Gasteiger partial charge in [0.2, 0.25) is 5.88 Å². The van der Waals surface area contributed by atoms with E-state index in [9.17, 15) is 12.9 Å². The van der Waals surface area contributed by atoms with Crippen molar-refractivity contribution in [1.29, 1.82) is 0 Å². The van der Waals surface area contributed by atoms with Gasteiger partial charge in [-0.05, 0) is 5.46 Å². The fraction of sp³-hybridized carbons (Fsp3) is 0.400. The van der Waals surface area contributed by atoms with E-state index in [0.29, 0.717) is 0 Å². The predicted octanol–water partition coefficient (Wildman–Crippen LogP) is 0.483. The highest BCUT2D eigenvalue weighted by Crippen LogP contribution is 2.14. The molecule has 0 atom stereocenters. The van der Waals surface area contributed by atoms with E-state index in [4.69, 9.17) is 0 Å². The van der Waals surface area contributed by atoms with Crippen LogP contribution >= 0.6 is 0 Å². The van der Waals surface area contributed by atoms with Crippen LogP contribution in [0.2, 0.25) is 0 Å². The largest absolute Gasteiger partial charge is 0.516 e. The van der Waals surface area contributed by atoms with Crippen molar-refractivity contribution in [3.63, 3.8) is 0 Å². The maximum absolute atomic E-state index is 12.2. The lowest BCUT2D eigenvalue weighted by atomic mass is 9.82. The van der Waals surface area contributed by atoms with E-state index < -0.39 is 12.4 Å². The molecule has 0 aliphatic rings. The molecule has 0 saturated heterocycles.